The molecule has 6 heteroatoms. The van der Waals surface area contributed by atoms with Gasteiger partial charge in [-0.15, -0.1) is 0 Å². The molecule has 4 nitrogen and oxygen atoms in total. The fraction of sp³-hybridized carbons (Fsp3) is 0.444. The molecule has 3 rings (SSSR count). The fourth-order valence-corrected chi connectivity index (χ4v) is 5.11. The number of halogens is 1. The summed E-state index contributed by atoms with van der Waals surface area (Å²) in [6.07, 6.45) is 5.87. The maximum absolute atomic E-state index is 13.8. The Labute approximate surface area is 143 Å². The van der Waals surface area contributed by atoms with Crippen molar-refractivity contribution in [3.05, 3.63) is 53.6 Å². The molecule has 1 atom stereocenters. The number of aromatic nitrogens is 1. The van der Waals surface area contributed by atoms with Gasteiger partial charge < -0.3 is 4.57 Å². The highest BCUT2D eigenvalue weighted by Gasteiger charge is 2.31. The molecule has 130 valence electrons. The van der Waals surface area contributed by atoms with Gasteiger partial charge >= 0.3 is 0 Å². The van der Waals surface area contributed by atoms with Crippen LogP contribution in [0.4, 0.5) is 4.39 Å². The van der Waals surface area contributed by atoms with E-state index in [0.29, 0.717) is 30.1 Å². The lowest BCUT2D eigenvalue weighted by molar-refractivity contribution is 0.245. The number of rotatable bonds is 4. The van der Waals surface area contributed by atoms with Crippen LogP contribution in [0.1, 0.15) is 24.0 Å². The van der Waals surface area contributed by atoms with Gasteiger partial charge in [-0.3, -0.25) is 0 Å². The van der Waals surface area contributed by atoms with Gasteiger partial charge in [0, 0.05) is 32.0 Å². The number of piperidine rings is 1. The first kappa shape index (κ1) is 17.2. The van der Waals surface area contributed by atoms with Crippen LogP contribution >= 0.6 is 0 Å². The average molecular weight is 350 g/mol. The van der Waals surface area contributed by atoms with Crippen molar-refractivity contribution in [2.45, 2.75) is 38.1 Å². The fourth-order valence-electron chi connectivity index (χ4n) is 3.39. The second kappa shape index (κ2) is 6.69. The summed E-state index contributed by atoms with van der Waals surface area (Å²) in [6.45, 7) is 5.06. The van der Waals surface area contributed by atoms with Gasteiger partial charge in [-0.1, -0.05) is 0 Å². The van der Waals surface area contributed by atoms with E-state index in [2.05, 4.69) is 4.57 Å². The van der Waals surface area contributed by atoms with Gasteiger partial charge in [0.1, 0.15) is 5.82 Å². The molecular weight excluding hydrogens is 327 g/mol. The third-order valence-electron chi connectivity index (χ3n) is 4.66. The van der Waals surface area contributed by atoms with E-state index < -0.39 is 10.0 Å². The first-order chi connectivity index (χ1) is 11.4. The van der Waals surface area contributed by atoms with Crippen LogP contribution in [0, 0.1) is 25.6 Å². The molecule has 0 spiro atoms. The lowest BCUT2D eigenvalue weighted by atomic mass is 10.00. The summed E-state index contributed by atoms with van der Waals surface area (Å²) in [5.74, 6) is -0.0401. The van der Waals surface area contributed by atoms with Crippen LogP contribution in [-0.2, 0) is 16.6 Å². The van der Waals surface area contributed by atoms with E-state index in [0.717, 1.165) is 19.4 Å². The van der Waals surface area contributed by atoms with Crippen LogP contribution in [0.25, 0.3) is 0 Å². The van der Waals surface area contributed by atoms with Crippen molar-refractivity contribution in [2.24, 2.45) is 5.92 Å². The van der Waals surface area contributed by atoms with E-state index in [1.807, 2.05) is 24.5 Å². The Kier molecular flexibility index (Phi) is 4.78. The zero-order valence-electron chi connectivity index (χ0n) is 14.1. The third-order valence-corrected chi connectivity index (χ3v) is 6.51. The van der Waals surface area contributed by atoms with E-state index >= 15 is 0 Å². The van der Waals surface area contributed by atoms with Gasteiger partial charge in [0.05, 0.1) is 4.90 Å². The van der Waals surface area contributed by atoms with Crippen LogP contribution < -0.4 is 0 Å². The Morgan fingerprint density at radius 2 is 1.79 bits per heavy atom. The smallest absolute Gasteiger partial charge is 0.243 e. The molecule has 0 aliphatic carbocycles. The summed E-state index contributed by atoms with van der Waals surface area (Å²) in [5.41, 5.74) is 0.740. The van der Waals surface area contributed by atoms with Gasteiger partial charge in [0.25, 0.3) is 0 Å². The van der Waals surface area contributed by atoms with Crippen molar-refractivity contribution >= 4 is 10.0 Å². The van der Waals surface area contributed by atoms with Crippen molar-refractivity contribution in [1.29, 1.82) is 0 Å². The molecule has 1 aliphatic heterocycles. The molecule has 0 radical (unpaired) electrons. The highest BCUT2D eigenvalue weighted by Crippen LogP contribution is 2.27. The number of benzene rings is 1. The summed E-state index contributed by atoms with van der Waals surface area (Å²) in [6, 6.07) is 6.82. The second-order valence-corrected chi connectivity index (χ2v) is 8.56. The van der Waals surface area contributed by atoms with Crippen LogP contribution in [0.3, 0.4) is 0 Å². The number of sulfonamides is 1. The van der Waals surface area contributed by atoms with E-state index in [9.17, 15) is 12.8 Å². The molecule has 2 aromatic rings. The van der Waals surface area contributed by atoms with Gasteiger partial charge in [-0.2, -0.15) is 4.31 Å². The van der Waals surface area contributed by atoms with Crippen LogP contribution in [0.15, 0.2) is 41.6 Å². The van der Waals surface area contributed by atoms with Crippen molar-refractivity contribution < 1.29 is 12.8 Å². The number of hydrogen-bond donors (Lipinski definition) is 0. The lowest BCUT2D eigenvalue weighted by Gasteiger charge is -2.32. The standard InChI is InChI=1S/C18H23FN2O2S/c1-14-10-17(11-15(2)18(14)19)24(22,23)21-9-5-6-16(13-21)12-20-7-3-4-8-20/h3-4,7-8,10-11,16H,5-6,9,12-13H2,1-2H3. The minimum Gasteiger partial charge on any atom is -0.354 e. The first-order valence-electron chi connectivity index (χ1n) is 8.25. The highest BCUT2D eigenvalue weighted by molar-refractivity contribution is 7.89. The molecule has 0 N–H and O–H groups in total. The van der Waals surface area contributed by atoms with E-state index in [-0.39, 0.29) is 10.7 Å². The molecule has 1 aliphatic rings. The molecule has 1 fully saturated rings. The van der Waals surface area contributed by atoms with Crippen LogP contribution in [0.5, 0.6) is 0 Å². The maximum atomic E-state index is 13.8. The summed E-state index contributed by atoms with van der Waals surface area (Å²) in [7, 11) is -3.58. The van der Waals surface area contributed by atoms with E-state index in [4.69, 9.17) is 0 Å². The Morgan fingerprint density at radius 3 is 2.42 bits per heavy atom. The minimum atomic E-state index is -3.58. The molecule has 0 amide bonds. The number of hydrogen-bond acceptors (Lipinski definition) is 2. The van der Waals surface area contributed by atoms with E-state index in [1.54, 1.807) is 18.2 Å². The molecular formula is C18H23FN2O2S. The monoisotopic (exact) mass is 350 g/mol. The minimum absolute atomic E-state index is 0.195. The Hall–Kier alpha value is -1.66. The molecule has 0 bridgehead atoms. The van der Waals surface area contributed by atoms with Gasteiger partial charge in [0.15, 0.2) is 0 Å². The predicted octanol–water partition coefficient (Wildman–Crippen LogP) is 3.34. The summed E-state index contributed by atoms with van der Waals surface area (Å²) < 4.78 is 43.3. The van der Waals surface area contributed by atoms with Crippen molar-refractivity contribution in [1.82, 2.24) is 8.87 Å². The average Bonchev–Trinajstić information content (AvgIpc) is 3.05. The second-order valence-electron chi connectivity index (χ2n) is 6.62. The van der Waals surface area contributed by atoms with Crippen molar-refractivity contribution in [2.75, 3.05) is 13.1 Å². The van der Waals surface area contributed by atoms with Gasteiger partial charge in [-0.25, -0.2) is 12.8 Å². The Morgan fingerprint density at radius 1 is 1.17 bits per heavy atom. The van der Waals surface area contributed by atoms with E-state index in [1.165, 1.54) is 12.1 Å². The topological polar surface area (TPSA) is 42.3 Å². The third kappa shape index (κ3) is 3.39. The summed E-state index contributed by atoms with van der Waals surface area (Å²) >= 11 is 0. The zero-order valence-corrected chi connectivity index (χ0v) is 14.9. The highest BCUT2D eigenvalue weighted by atomic mass is 32.2. The maximum Gasteiger partial charge on any atom is 0.243 e. The van der Waals surface area contributed by atoms with Gasteiger partial charge in [0.2, 0.25) is 10.0 Å². The first-order valence-corrected chi connectivity index (χ1v) is 9.69. The number of aryl methyl sites for hydroxylation is 2. The molecule has 24 heavy (non-hydrogen) atoms. The van der Waals surface area contributed by atoms with Crippen LogP contribution in [-0.4, -0.2) is 30.4 Å². The molecule has 0 saturated carbocycles. The largest absolute Gasteiger partial charge is 0.354 e. The SMILES string of the molecule is Cc1cc(S(=O)(=O)N2CCCC(Cn3cccc3)C2)cc(C)c1F. The molecule has 2 heterocycles. The Balaban J connectivity index is 1.81. The number of nitrogens with zero attached hydrogens (tertiary/aromatic N) is 2. The molecule has 1 aromatic carbocycles. The summed E-state index contributed by atoms with van der Waals surface area (Å²) in [5, 5.41) is 0. The lowest BCUT2D eigenvalue weighted by Crippen LogP contribution is -2.41. The quantitative estimate of drug-likeness (QED) is 0.849. The Bertz CT molecular complexity index is 793. The summed E-state index contributed by atoms with van der Waals surface area (Å²) in [4.78, 5) is 0.195. The van der Waals surface area contributed by atoms with Gasteiger partial charge in [-0.05, 0) is 68.0 Å². The van der Waals surface area contributed by atoms with Crippen molar-refractivity contribution in [3.8, 4) is 0 Å². The predicted molar refractivity (Wildman–Crippen MR) is 91.8 cm³/mol. The molecule has 1 unspecified atom stereocenters. The zero-order chi connectivity index (χ0) is 17.3. The molecule has 1 saturated heterocycles. The van der Waals surface area contributed by atoms with Crippen LogP contribution in [0.2, 0.25) is 0 Å². The molecule has 1 aromatic heterocycles. The normalized spacial score (nSPS) is 19.5. The van der Waals surface area contributed by atoms with Crippen molar-refractivity contribution in [3.63, 3.8) is 0 Å².